The lowest BCUT2D eigenvalue weighted by Crippen LogP contribution is -2.32. The maximum Gasteiger partial charge on any atom is 0.246 e. The molecule has 170 valence electrons. The van der Waals surface area contributed by atoms with Crippen molar-refractivity contribution in [1.29, 1.82) is 0 Å². The molecule has 11 heteroatoms. The summed E-state index contributed by atoms with van der Waals surface area (Å²) in [5, 5.41) is 6.64. The van der Waals surface area contributed by atoms with Crippen molar-refractivity contribution in [3.05, 3.63) is 58.9 Å². The van der Waals surface area contributed by atoms with E-state index in [1.54, 1.807) is 24.3 Å². The highest BCUT2D eigenvalue weighted by atomic mass is 79.9. The van der Waals surface area contributed by atoms with Crippen LogP contribution in [-0.4, -0.2) is 44.4 Å². The van der Waals surface area contributed by atoms with E-state index in [1.165, 1.54) is 11.4 Å². The summed E-state index contributed by atoms with van der Waals surface area (Å²) >= 11 is 3.39. The van der Waals surface area contributed by atoms with E-state index in [2.05, 4.69) is 31.4 Å². The van der Waals surface area contributed by atoms with Crippen molar-refractivity contribution in [3.63, 3.8) is 0 Å². The number of aromatic nitrogens is 2. The molecule has 1 N–H and O–H groups in total. The van der Waals surface area contributed by atoms with Crippen LogP contribution in [0.25, 0.3) is 11.4 Å². The molecule has 9 nitrogen and oxygen atoms in total. The molecular formula is C21H23BrN4O5S. The molecule has 0 atom stereocenters. The van der Waals surface area contributed by atoms with Gasteiger partial charge in [0.05, 0.1) is 25.6 Å². The summed E-state index contributed by atoms with van der Waals surface area (Å²) in [6.07, 6.45) is 1.61. The van der Waals surface area contributed by atoms with Crippen LogP contribution in [0, 0.1) is 0 Å². The lowest BCUT2D eigenvalue weighted by molar-refractivity contribution is -0.121. The number of hydrogen-bond donors (Lipinski definition) is 1. The zero-order valence-corrected chi connectivity index (χ0v) is 20.0. The number of carbonyl (C=O) groups is 1. The first-order valence-corrected chi connectivity index (χ1v) is 12.4. The summed E-state index contributed by atoms with van der Waals surface area (Å²) in [5.74, 6) is 1.02. The van der Waals surface area contributed by atoms with Crippen LogP contribution in [0.4, 0.5) is 5.69 Å². The maximum atomic E-state index is 12.2. The summed E-state index contributed by atoms with van der Waals surface area (Å²) in [6.45, 7) is 0.249. The molecule has 1 heterocycles. The average molecular weight is 523 g/mol. The quantitative estimate of drug-likeness (QED) is 0.433. The lowest BCUT2D eigenvalue weighted by atomic mass is 10.2. The van der Waals surface area contributed by atoms with Crippen molar-refractivity contribution in [2.45, 2.75) is 19.4 Å². The van der Waals surface area contributed by atoms with Gasteiger partial charge >= 0.3 is 0 Å². The number of rotatable bonds is 10. The second-order valence-corrected chi connectivity index (χ2v) is 9.76. The largest absolute Gasteiger partial charge is 0.497 e. The third kappa shape index (κ3) is 6.54. The molecule has 0 spiro atoms. The number of ether oxygens (including phenoxy) is 1. The zero-order valence-electron chi connectivity index (χ0n) is 17.6. The van der Waals surface area contributed by atoms with E-state index in [1.807, 2.05) is 24.3 Å². The average Bonchev–Trinajstić information content (AvgIpc) is 3.23. The van der Waals surface area contributed by atoms with Crippen LogP contribution in [0.1, 0.15) is 18.7 Å². The van der Waals surface area contributed by atoms with Crippen molar-refractivity contribution in [3.8, 4) is 17.1 Å². The number of methoxy groups -OCH3 is 1. The number of sulfonamides is 1. The van der Waals surface area contributed by atoms with Gasteiger partial charge in [0.1, 0.15) is 5.75 Å². The van der Waals surface area contributed by atoms with Gasteiger partial charge in [0.25, 0.3) is 0 Å². The molecular weight excluding hydrogens is 500 g/mol. The summed E-state index contributed by atoms with van der Waals surface area (Å²) < 4.78 is 36.9. The highest BCUT2D eigenvalue weighted by Crippen LogP contribution is 2.23. The van der Waals surface area contributed by atoms with E-state index in [0.717, 1.165) is 16.3 Å². The molecule has 1 amide bonds. The SMILES string of the molecule is COc1cccc(N(CCCC(=O)NCc2nc(-c3cccc(Br)c3)no2)S(C)(=O)=O)c1. The van der Waals surface area contributed by atoms with Gasteiger partial charge in [-0.3, -0.25) is 9.10 Å². The number of benzene rings is 2. The Kier molecular flexibility index (Phi) is 7.86. The van der Waals surface area contributed by atoms with Crippen molar-refractivity contribution in [1.82, 2.24) is 15.5 Å². The fourth-order valence-corrected chi connectivity index (χ4v) is 4.33. The summed E-state index contributed by atoms with van der Waals surface area (Å²) in [5.41, 5.74) is 1.28. The number of halogens is 1. The number of anilines is 1. The minimum absolute atomic E-state index is 0.0888. The van der Waals surface area contributed by atoms with E-state index in [0.29, 0.717) is 23.7 Å². The van der Waals surface area contributed by atoms with Crippen LogP contribution < -0.4 is 14.4 Å². The third-order valence-electron chi connectivity index (χ3n) is 4.49. The predicted octanol–water partition coefficient (Wildman–Crippen LogP) is 3.37. The van der Waals surface area contributed by atoms with E-state index in [4.69, 9.17) is 9.26 Å². The Morgan fingerprint density at radius 3 is 2.72 bits per heavy atom. The first-order valence-electron chi connectivity index (χ1n) is 9.73. The Hall–Kier alpha value is -2.92. The van der Waals surface area contributed by atoms with E-state index in [9.17, 15) is 13.2 Å². The van der Waals surface area contributed by atoms with Gasteiger partial charge in [-0.25, -0.2) is 8.42 Å². The van der Waals surface area contributed by atoms with Crippen LogP contribution in [0.15, 0.2) is 57.5 Å². The Bertz CT molecular complexity index is 1180. The van der Waals surface area contributed by atoms with Crippen LogP contribution in [0.3, 0.4) is 0 Å². The number of nitrogens with one attached hydrogen (secondary N) is 1. The highest BCUT2D eigenvalue weighted by Gasteiger charge is 2.18. The first-order chi connectivity index (χ1) is 15.3. The molecule has 0 saturated heterocycles. The van der Waals surface area contributed by atoms with Gasteiger partial charge in [-0.15, -0.1) is 0 Å². The number of carbonyl (C=O) groups excluding carboxylic acids is 1. The second-order valence-electron chi connectivity index (χ2n) is 6.94. The Labute approximate surface area is 194 Å². The molecule has 1 aromatic heterocycles. The predicted molar refractivity (Wildman–Crippen MR) is 124 cm³/mol. The van der Waals surface area contributed by atoms with Gasteiger partial charge in [-0.1, -0.05) is 39.3 Å². The van der Waals surface area contributed by atoms with Crippen LogP contribution >= 0.6 is 15.9 Å². The molecule has 0 saturated carbocycles. The van der Waals surface area contributed by atoms with Crippen molar-refractivity contribution in [2.75, 3.05) is 24.2 Å². The smallest absolute Gasteiger partial charge is 0.246 e. The molecule has 0 aliphatic rings. The van der Waals surface area contributed by atoms with E-state index < -0.39 is 10.0 Å². The van der Waals surface area contributed by atoms with Crippen LogP contribution in [0.2, 0.25) is 0 Å². The monoisotopic (exact) mass is 522 g/mol. The van der Waals surface area contributed by atoms with Crippen molar-refractivity contribution < 1.29 is 22.5 Å². The molecule has 0 radical (unpaired) electrons. The minimum Gasteiger partial charge on any atom is -0.497 e. The fourth-order valence-electron chi connectivity index (χ4n) is 2.97. The second kappa shape index (κ2) is 10.6. The van der Waals surface area contributed by atoms with Gasteiger partial charge in [0, 0.05) is 29.1 Å². The van der Waals surface area contributed by atoms with E-state index in [-0.39, 0.29) is 31.3 Å². The summed E-state index contributed by atoms with van der Waals surface area (Å²) in [4.78, 5) is 16.5. The topological polar surface area (TPSA) is 115 Å². The summed E-state index contributed by atoms with van der Waals surface area (Å²) in [7, 11) is -2.00. The van der Waals surface area contributed by atoms with Crippen LogP contribution in [0.5, 0.6) is 5.75 Å². The maximum absolute atomic E-state index is 12.2. The normalized spacial score (nSPS) is 11.2. The third-order valence-corrected chi connectivity index (χ3v) is 6.18. The Morgan fingerprint density at radius 2 is 2.00 bits per heavy atom. The number of amides is 1. The molecule has 0 fully saturated rings. The van der Waals surface area contributed by atoms with E-state index >= 15 is 0 Å². The molecule has 3 aromatic rings. The first kappa shape index (κ1) is 23.7. The number of nitrogens with zero attached hydrogens (tertiary/aromatic N) is 3. The van der Waals surface area contributed by atoms with Gasteiger partial charge in [0.2, 0.25) is 27.6 Å². The standard InChI is InChI=1S/C21H23BrN4O5S/c1-30-18-9-4-8-17(13-18)26(32(2,28)29)11-5-10-19(27)23-14-20-24-21(25-31-20)15-6-3-7-16(22)12-15/h3-4,6-9,12-13H,5,10-11,14H2,1-2H3,(H,23,27). The minimum atomic E-state index is -3.51. The molecule has 0 bridgehead atoms. The zero-order chi connectivity index (χ0) is 23.1. The van der Waals surface area contributed by atoms with Gasteiger partial charge in [-0.05, 0) is 30.7 Å². The fraction of sp³-hybridized carbons (Fsp3) is 0.286. The Balaban J connectivity index is 1.52. The molecule has 0 aliphatic heterocycles. The highest BCUT2D eigenvalue weighted by molar-refractivity contribution is 9.10. The molecule has 3 rings (SSSR count). The van der Waals surface area contributed by atoms with Crippen molar-refractivity contribution in [2.24, 2.45) is 0 Å². The molecule has 32 heavy (non-hydrogen) atoms. The lowest BCUT2D eigenvalue weighted by Gasteiger charge is -2.22. The Morgan fingerprint density at radius 1 is 1.22 bits per heavy atom. The molecule has 2 aromatic carbocycles. The van der Waals surface area contributed by atoms with Gasteiger partial charge < -0.3 is 14.6 Å². The number of hydrogen-bond acceptors (Lipinski definition) is 7. The molecule has 0 aliphatic carbocycles. The van der Waals surface area contributed by atoms with Crippen LogP contribution in [-0.2, 0) is 21.4 Å². The van der Waals surface area contributed by atoms with Crippen molar-refractivity contribution >= 4 is 37.5 Å². The molecule has 0 unspecified atom stereocenters. The van der Waals surface area contributed by atoms with Gasteiger partial charge in [-0.2, -0.15) is 4.98 Å². The van der Waals surface area contributed by atoms with Gasteiger partial charge in [0.15, 0.2) is 0 Å². The summed E-state index contributed by atoms with van der Waals surface area (Å²) in [6, 6.07) is 14.2.